The largest absolute Gasteiger partial charge is 0.340 e. The van der Waals surface area contributed by atoms with E-state index in [2.05, 4.69) is 35.6 Å². The van der Waals surface area contributed by atoms with Gasteiger partial charge in [-0.1, -0.05) is 42.5 Å². The van der Waals surface area contributed by atoms with Crippen LogP contribution < -0.4 is 10.2 Å². The minimum Gasteiger partial charge on any atom is -0.340 e. The molecular formula is C20H27FN2+2. The van der Waals surface area contributed by atoms with Crippen LogP contribution in [0.15, 0.2) is 54.6 Å². The first-order valence-electron chi connectivity index (χ1n) is 8.75. The SMILES string of the molecule is Fc1cccc(C[NH2+]C2CC[NH+](CCc3ccccc3)CC2)c1. The Bertz CT molecular complexity index is 592. The van der Waals surface area contributed by atoms with E-state index < -0.39 is 0 Å². The van der Waals surface area contributed by atoms with E-state index in [1.807, 2.05) is 6.07 Å². The van der Waals surface area contributed by atoms with Crippen molar-refractivity contribution in [3.63, 3.8) is 0 Å². The van der Waals surface area contributed by atoms with Crippen molar-refractivity contribution >= 4 is 0 Å². The van der Waals surface area contributed by atoms with Crippen molar-refractivity contribution in [1.82, 2.24) is 0 Å². The first-order valence-corrected chi connectivity index (χ1v) is 8.75. The average Bonchev–Trinajstić information content (AvgIpc) is 2.60. The van der Waals surface area contributed by atoms with Crippen molar-refractivity contribution in [2.75, 3.05) is 19.6 Å². The van der Waals surface area contributed by atoms with Crippen LogP contribution in [0.2, 0.25) is 0 Å². The van der Waals surface area contributed by atoms with Crippen LogP contribution in [-0.4, -0.2) is 25.7 Å². The van der Waals surface area contributed by atoms with Crippen LogP contribution in [0.4, 0.5) is 4.39 Å². The summed E-state index contributed by atoms with van der Waals surface area (Å²) in [6.07, 6.45) is 3.70. The van der Waals surface area contributed by atoms with E-state index in [-0.39, 0.29) is 5.82 Å². The molecule has 2 nitrogen and oxygen atoms in total. The van der Waals surface area contributed by atoms with Gasteiger partial charge >= 0.3 is 0 Å². The molecule has 1 fully saturated rings. The van der Waals surface area contributed by atoms with Gasteiger partial charge in [0.1, 0.15) is 12.4 Å². The van der Waals surface area contributed by atoms with Crippen molar-refractivity contribution in [2.45, 2.75) is 31.8 Å². The third kappa shape index (κ3) is 5.15. The van der Waals surface area contributed by atoms with Gasteiger partial charge in [-0.15, -0.1) is 0 Å². The Kier molecular flexibility index (Phi) is 5.78. The van der Waals surface area contributed by atoms with Gasteiger partial charge in [-0.2, -0.15) is 0 Å². The molecule has 0 unspecified atom stereocenters. The number of hydrogen-bond acceptors (Lipinski definition) is 0. The summed E-state index contributed by atoms with van der Waals surface area (Å²) < 4.78 is 13.2. The highest BCUT2D eigenvalue weighted by Gasteiger charge is 2.23. The highest BCUT2D eigenvalue weighted by Crippen LogP contribution is 2.02. The van der Waals surface area contributed by atoms with Gasteiger partial charge < -0.3 is 10.2 Å². The highest BCUT2D eigenvalue weighted by molar-refractivity contribution is 5.15. The Hall–Kier alpha value is -1.71. The molecule has 1 aliphatic rings. The molecule has 0 saturated carbocycles. The van der Waals surface area contributed by atoms with Crippen molar-refractivity contribution in [3.8, 4) is 0 Å². The van der Waals surface area contributed by atoms with Gasteiger partial charge in [-0.3, -0.25) is 0 Å². The van der Waals surface area contributed by atoms with Crippen LogP contribution in [0.1, 0.15) is 24.0 Å². The summed E-state index contributed by atoms with van der Waals surface area (Å²) in [5.74, 6) is -0.129. The lowest BCUT2D eigenvalue weighted by atomic mass is 10.0. The average molecular weight is 314 g/mol. The van der Waals surface area contributed by atoms with Gasteiger partial charge in [0.05, 0.1) is 25.7 Å². The van der Waals surface area contributed by atoms with E-state index in [4.69, 9.17) is 0 Å². The predicted molar refractivity (Wildman–Crippen MR) is 90.8 cm³/mol. The fourth-order valence-electron chi connectivity index (χ4n) is 3.47. The molecule has 122 valence electrons. The van der Waals surface area contributed by atoms with Crippen LogP contribution in [0.25, 0.3) is 0 Å². The number of halogens is 1. The van der Waals surface area contributed by atoms with E-state index >= 15 is 0 Å². The molecule has 3 heteroatoms. The summed E-state index contributed by atoms with van der Waals surface area (Å²) >= 11 is 0. The Morgan fingerprint density at radius 2 is 1.70 bits per heavy atom. The second kappa shape index (κ2) is 8.23. The topological polar surface area (TPSA) is 21.1 Å². The maximum atomic E-state index is 13.2. The smallest absolute Gasteiger partial charge is 0.123 e. The second-order valence-corrected chi connectivity index (χ2v) is 6.64. The molecule has 3 N–H and O–H groups in total. The lowest BCUT2D eigenvalue weighted by molar-refractivity contribution is -0.913. The first kappa shape index (κ1) is 16.2. The molecule has 3 rings (SSSR count). The highest BCUT2D eigenvalue weighted by atomic mass is 19.1. The number of nitrogens with two attached hydrogens (primary N) is 1. The van der Waals surface area contributed by atoms with Crippen molar-refractivity contribution in [3.05, 3.63) is 71.5 Å². The number of nitrogens with one attached hydrogen (secondary N) is 1. The summed E-state index contributed by atoms with van der Waals surface area (Å²) in [6.45, 7) is 4.65. The second-order valence-electron chi connectivity index (χ2n) is 6.64. The Morgan fingerprint density at radius 1 is 0.957 bits per heavy atom. The third-order valence-corrected chi connectivity index (χ3v) is 4.92. The number of piperidine rings is 1. The molecule has 1 heterocycles. The van der Waals surface area contributed by atoms with Crippen LogP contribution in [0, 0.1) is 5.82 Å². The zero-order chi connectivity index (χ0) is 15.9. The molecule has 2 aromatic carbocycles. The van der Waals surface area contributed by atoms with E-state index in [1.54, 1.807) is 17.0 Å². The van der Waals surface area contributed by atoms with Gasteiger partial charge in [0.2, 0.25) is 0 Å². The van der Waals surface area contributed by atoms with Gasteiger partial charge in [0, 0.05) is 24.8 Å². The molecule has 0 radical (unpaired) electrons. The van der Waals surface area contributed by atoms with Crippen LogP contribution in [0.3, 0.4) is 0 Å². The van der Waals surface area contributed by atoms with Gasteiger partial charge in [-0.05, 0) is 17.7 Å². The van der Waals surface area contributed by atoms with Gasteiger partial charge in [0.25, 0.3) is 0 Å². The van der Waals surface area contributed by atoms with E-state index in [1.165, 1.54) is 50.5 Å². The molecule has 1 saturated heterocycles. The van der Waals surface area contributed by atoms with Crippen molar-refractivity contribution in [1.29, 1.82) is 0 Å². The lowest BCUT2D eigenvalue weighted by Gasteiger charge is -2.28. The summed E-state index contributed by atoms with van der Waals surface area (Å²) in [4.78, 5) is 1.73. The van der Waals surface area contributed by atoms with Crippen molar-refractivity contribution < 1.29 is 14.6 Å². The van der Waals surface area contributed by atoms with Gasteiger partial charge in [0.15, 0.2) is 0 Å². The normalized spacial score (nSPS) is 21.3. The summed E-state index contributed by atoms with van der Waals surface area (Å²) in [6, 6.07) is 18.4. The zero-order valence-electron chi connectivity index (χ0n) is 13.7. The standard InChI is InChI=1S/C20H25FN2/c21-19-8-4-7-18(15-19)16-22-20-10-13-23(14-11-20)12-9-17-5-2-1-3-6-17/h1-8,15,20,22H,9-14,16H2/p+2. The minimum absolute atomic E-state index is 0.129. The monoisotopic (exact) mass is 314 g/mol. The maximum Gasteiger partial charge on any atom is 0.123 e. The Labute approximate surface area is 138 Å². The molecule has 0 aliphatic carbocycles. The molecule has 0 amide bonds. The molecule has 23 heavy (non-hydrogen) atoms. The summed E-state index contributed by atoms with van der Waals surface area (Å²) in [5, 5.41) is 2.39. The quantitative estimate of drug-likeness (QED) is 0.799. The van der Waals surface area contributed by atoms with Gasteiger partial charge in [-0.25, -0.2) is 4.39 Å². The minimum atomic E-state index is -0.129. The van der Waals surface area contributed by atoms with E-state index in [0.717, 1.165) is 12.1 Å². The molecule has 0 aromatic heterocycles. The molecule has 0 atom stereocenters. The van der Waals surface area contributed by atoms with E-state index in [0.29, 0.717) is 6.04 Å². The fraction of sp³-hybridized carbons (Fsp3) is 0.400. The van der Waals surface area contributed by atoms with Crippen LogP contribution in [0.5, 0.6) is 0 Å². The van der Waals surface area contributed by atoms with Crippen LogP contribution >= 0.6 is 0 Å². The number of rotatable bonds is 6. The van der Waals surface area contributed by atoms with Crippen LogP contribution in [-0.2, 0) is 13.0 Å². The number of benzene rings is 2. The number of likely N-dealkylation sites (tertiary alicyclic amines) is 1. The first-order chi connectivity index (χ1) is 11.3. The Balaban J connectivity index is 1.37. The lowest BCUT2D eigenvalue weighted by Crippen LogP contribution is -3.15. The maximum absolute atomic E-state index is 13.2. The third-order valence-electron chi connectivity index (χ3n) is 4.92. The fourth-order valence-corrected chi connectivity index (χ4v) is 3.47. The molecule has 2 aromatic rings. The zero-order valence-corrected chi connectivity index (χ0v) is 13.7. The molecular weight excluding hydrogens is 287 g/mol. The summed E-state index contributed by atoms with van der Waals surface area (Å²) in [5.41, 5.74) is 2.53. The number of quaternary nitrogens is 2. The summed E-state index contributed by atoms with van der Waals surface area (Å²) in [7, 11) is 0. The number of hydrogen-bond donors (Lipinski definition) is 2. The molecule has 1 aliphatic heterocycles. The van der Waals surface area contributed by atoms with Crippen molar-refractivity contribution in [2.24, 2.45) is 0 Å². The molecule has 0 spiro atoms. The predicted octanol–water partition coefficient (Wildman–Crippen LogP) is 1.18. The Morgan fingerprint density at radius 3 is 2.43 bits per heavy atom. The molecule has 0 bridgehead atoms. The van der Waals surface area contributed by atoms with E-state index in [9.17, 15) is 4.39 Å².